The lowest BCUT2D eigenvalue weighted by Crippen LogP contribution is -2.20. The Labute approximate surface area is 99.0 Å². The first-order chi connectivity index (χ1) is 7.36. The average Bonchev–Trinajstić information content (AvgIpc) is 2.29. The van der Waals surface area contributed by atoms with E-state index in [9.17, 15) is 0 Å². The van der Waals surface area contributed by atoms with Gasteiger partial charge < -0.3 is 5.32 Å². The van der Waals surface area contributed by atoms with Crippen LogP contribution >= 0.6 is 23.4 Å². The highest BCUT2D eigenvalue weighted by molar-refractivity contribution is 7.99. The van der Waals surface area contributed by atoms with Crippen molar-refractivity contribution < 1.29 is 0 Å². The molecule has 0 aliphatic carbocycles. The molecular weight excluding hydrogens is 230 g/mol. The van der Waals surface area contributed by atoms with Crippen molar-refractivity contribution in [3.63, 3.8) is 0 Å². The first-order valence-electron chi connectivity index (χ1n) is 5.17. The van der Waals surface area contributed by atoms with E-state index in [-0.39, 0.29) is 0 Å². The topological polar surface area (TPSA) is 37.8 Å². The Bertz CT molecular complexity index is 315. The molecule has 3 nitrogen and oxygen atoms in total. The molecule has 2 heterocycles. The fourth-order valence-electron chi connectivity index (χ4n) is 1.62. The first-order valence-corrected chi connectivity index (χ1v) is 6.60. The summed E-state index contributed by atoms with van der Waals surface area (Å²) in [5.41, 5.74) is 0. The zero-order valence-corrected chi connectivity index (χ0v) is 10.0. The number of anilines is 1. The first kappa shape index (κ1) is 11.0. The van der Waals surface area contributed by atoms with Crippen LogP contribution in [0.4, 0.5) is 5.82 Å². The second-order valence-electron chi connectivity index (χ2n) is 3.59. The van der Waals surface area contributed by atoms with Crippen LogP contribution in [0.2, 0.25) is 5.02 Å². The number of rotatable bonds is 3. The third kappa shape index (κ3) is 3.24. The second kappa shape index (κ2) is 5.56. The van der Waals surface area contributed by atoms with Crippen LogP contribution in [0.3, 0.4) is 0 Å². The Hall–Kier alpha value is -0.480. The maximum atomic E-state index is 5.95. The van der Waals surface area contributed by atoms with E-state index in [1.807, 2.05) is 11.8 Å². The van der Waals surface area contributed by atoms with Crippen LogP contribution in [0.25, 0.3) is 0 Å². The van der Waals surface area contributed by atoms with Crippen LogP contribution in [0.1, 0.15) is 19.3 Å². The van der Waals surface area contributed by atoms with Crippen LogP contribution in [0.15, 0.2) is 12.5 Å². The Morgan fingerprint density at radius 3 is 3.20 bits per heavy atom. The zero-order valence-electron chi connectivity index (χ0n) is 8.45. The van der Waals surface area contributed by atoms with E-state index in [1.54, 1.807) is 6.20 Å². The molecule has 0 radical (unpaired) electrons. The van der Waals surface area contributed by atoms with Gasteiger partial charge >= 0.3 is 0 Å². The van der Waals surface area contributed by atoms with Crippen molar-refractivity contribution in [3.8, 4) is 0 Å². The van der Waals surface area contributed by atoms with Crippen LogP contribution in [0.5, 0.6) is 0 Å². The SMILES string of the molecule is Clc1cncnc1NCC1CCCCS1. The fraction of sp³-hybridized carbons (Fsp3) is 0.600. The van der Waals surface area contributed by atoms with Crippen molar-refractivity contribution in [2.75, 3.05) is 17.6 Å². The molecule has 82 valence electrons. The summed E-state index contributed by atoms with van der Waals surface area (Å²) in [7, 11) is 0. The van der Waals surface area contributed by atoms with E-state index < -0.39 is 0 Å². The van der Waals surface area contributed by atoms with Crippen molar-refractivity contribution in [2.45, 2.75) is 24.5 Å². The van der Waals surface area contributed by atoms with Crippen LogP contribution in [-0.2, 0) is 0 Å². The lowest BCUT2D eigenvalue weighted by molar-refractivity contribution is 0.677. The predicted molar refractivity (Wildman–Crippen MR) is 65.6 cm³/mol. The molecule has 1 atom stereocenters. The summed E-state index contributed by atoms with van der Waals surface area (Å²) in [5.74, 6) is 2.03. The summed E-state index contributed by atoms with van der Waals surface area (Å²) < 4.78 is 0. The molecule has 1 aromatic heterocycles. The van der Waals surface area contributed by atoms with Gasteiger partial charge in [0, 0.05) is 11.8 Å². The van der Waals surface area contributed by atoms with Gasteiger partial charge in [-0.3, -0.25) is 0 Å². The van der Waals surface area contributed by atoms with E-state index in [0.717, 1.165) is 12.4 Å². The maximum absolute atomic E-state index is 5.95. The quantitative estimate of drug-likeness (QED) is 0.886. The molecule has 0 aromatic carbocycles. The van der Waals surface area contributed by atoms with Crippen molar-refractivity contribution >= 4 is 29.2 Å². The highest BCUT2D eigenvalue weighted by Gasteiger charge is 2.14. The number of thioether (sulfide) groups is 1. The summed E-state index contributed by atoms with van der Waals surface area (Å²) in [6, 6.07) is 0. The van der Waals surface area contributed by atoms with Crippen LogP contribution in [0, 0.1) is 0 Å². The number of hydrogen-bond donors (Lipinski definition) is 1. The number of nitrogens with zero attached hydrogens (tertiary/aromatic N) is 2. The monoisotopic (exact) mass is 243 g/mol. The third-order valence-electron chi connectivity index (χ3n) is 2.44. The summed E-state index contributed by atoms with van der Waals surface area (Å²) in [6.07, 6.45) is 7.12. The molecule has 1 aliphatic heterocycles. The minimum Gasteiger partial charge on any atom is -0.368 e. The third-order valence-corrected chi connectivity index (χ3v) is 4.11. The number of nitrogens with one attached hydrogen (secondary N) is 1. The minimum atomic E-state index is 0.596. The predicted octanol–water partition coefficient (Wildman–Crippen LogP) is 2.83. The van der Waals surface area contributed by atoms with Crippen molar-refractivity contribution in [2.24, 2.45) is 0 Å². The summed E-state index contributed by atoms with van der Waals surface area (Å²) in [6.45, 7) is 0.946. The normalized spacial score (nSPS) is 21.3. The van der Waals surface area contributed by atoms with E-state index in [4.69, 9.17) is 11.6 Å². The molecule has 1 aliphatic rings. The fourth-order valence-corrected chi connectivity index (χ4v) is 3.03. The molecule has 0 bridgehead atoms. The van der Waals surface area contributed by atoms with Gasteiger partial charge in [-0.2, -0.15) is 11.8 Å². The second-order valence-corrected chi connectivity index (χ2v) is 5.40. The Kier molecular flexibility index (Phi) is 4.09. The Morgan fingerprint density at radius 1 is 1.53 bits per heavy atom. The molecule has 5 heteroatoms. The van der Waals surface area contributed by atoms with Gasteiger partial charge in [-0.1, -0.05) is 18.0 Å². The van der Waals surface area contributed by atoms with Gasteiger partial charge in [-0.25, -0.2) is 9.97 Å². The molecule has 0 amide bonds. The molecule has 1 aromatic rings. The van der Waals surface area contributed by atoms with Crippen LogP contribution in [-0.4, -0.2) is 27.5 Å². The molecule has 1 N–H and O–H groups in total. The lowest BCUT2D eigenvalue weighted by Gasteiger charge is -2.21. The van der Waals surface area contributed by atoms with Gasteiger partial charge in [-0.15, -0.1) is 0 Å². The van der Waals surface area contributed by atoms with Crippen molar-refractivity contribution in [3.05, 3.63) is 17.5 Å². The number of hydrogen-bond acceptors (Lipinski definition) is 4. The molecule has 1 saturated heterocycles. The average molecular weight is 244 g/mol. The Morgan fingerprint density at radius 2 is 2.47 bits per heavy atom. The standard InChI is InChI=1S/C10H14ClN3S/c11-9-6-12-7-14-10(9)13-5-8-3-1-2-4-15-8/h6-8H,1-5H2,(H,12,13,14). The number of aromatic nitrogens is 2. The molecule has 1 fully saturated rings. The minimum absolute atomic E-state index is 0.596. The smallest absolute Gasteiger partial charge is 0.148 e. The van der Waals surface area contributed by atoms with Crippen LogP contribution < -0.4 is 5.32 Å². The maximum Gasteiger partial charge on any atom is 0.148 e. The number of halogens is 1. The molecular formula is C10H14ClN3S. The van der Waals surface area contributed by atoms with Gasteiger partial charge in [-0.05, 0) is 18.6 Å². The van der Waals surface area contributed by atoms with Gasteiger partial charge in [0.2, 0.25) is 0 Å². The molecule has 1 unspecified atom stereocenters. The van der Waals surface area contributed by atoms with Crippen molar-refractivity contribution in [1.29, 1.82) is 0 Å². The van der Waals surface area contributed by atoms with Gasteiger partial charge in [0.05, 0.1) is 6.20 Å². The van der Waals surface area contributed by atoms with Crippen molar-refractivity contribution in [1.82, 2.24) is 9.97 Å². The summed E-state index contributed by atoms with van der Waals surface area (Å²) >= 11 is 7.99. The Balaban J connectivity index is 1.84. The zero-order chi connectivity index (χ0) is 10.5. The van der Waals surface area contributed by atoms with E-state index in [1.165, 1.54) is 31.3 Å². The van der Waals surface area contributed by atoms with Gasteiger partial charge in [0.25, 0.3) is 0 Å². The van der Waals surface area contributed by atoms with E-state index in [0.29, 0.717) is 10.3 Å². The van der Waals surface area contributed by atoms with E-state index >= 15 is 0 Å². The van der Waals surface area contributed by atoms with Gasteiger partial charge in [0.1, 0.15) is 17.2 Å². The summed E-state index contributed by atoms with van der Waals surface area (Å²) in [4.78, 5) is 7.95. The van der Waals surface area contributed by atoms with Gasteiger partial charge in [0.15, 0.2) is 0 Å². The lowest BCUT2D eigenvalue weighted by atomic mass is 10.2. The van der Waals surface area contributed by atoms with E-state index in [2.05, 4.69) is 15.3 Å². The molecule has 15 heavy (non-hydrogen) atoms. The molecule has 0 saturated carbocycles. The summed E-state index contributed by atoms with van der Waals surface area (Å²) in [5, 5.41) is 4.57. The largest absolute Gasteiger partial charge is 0.368 e. The molecule has 0 spiro atoms. The highest BCUT2D eigenvalue weighted by atomic mass is 35.5. The highest BCUT2D eigenvalue weighted by Crippen LogP contribution is 2.25. The molecule has 2 rings (SSSR count).